The number of aryl methyl sites for hydroxylation is 2. The van der Waals surface area contributed by atoms with Crippen molar-refractivity contribution in [3.63, 3.8) is 0 Å². The molecule has 0 aromatic heterocycles. The molecule has 19 heavy (non-hydrogen) atoms. The summed E-state index contributed by atoms with van der Waals surface area (Å²) in [5.41, 5.74) is 4.17. The molecular weight excluding hydrogens is 232 g/mol. The van der Waals surface area contributed by atoms with E-state index in [0.717, 1.165) is 13.1 Å². The highest BCUT2D eigenvalue weighted by Gasteiger charge is 2.19. The first-order chi connectivity index (χ1) is 9.00. The van der Waals surface area contributed by atoms with Crippen LogP contribution in [0.5, 0.6) is 0 Å². The van der Waals surface area contributed by atoms with Crippen LogP contribution in [0.1, 0.15) is 43.4 Å². The molecule has 0 bridgehead atoms. The van der Waals surface area contributed by atoms with Crippen molar-refractivity contribution in [1.29, 1.82) is 5.26 Å². The summed E-state index contributed by atoms with van der Waals surface area (Å²) < 4.78 is 0. The van der Waals surface area contributed by atoms with Gasteiger partial charge in [0.05, 0.1) is 11.5 Å². The molecule has 0 saturated heterocycles. The minimum absolute atomic E-state index is 0.275. The van der Waals surface area contributed by atoms with Gasteiger partial charge in [-0.2, -0.15) is 5.26 Å². The molecule has 0 fully saturated rings. The Morgan fingerprint density at radius 1 is 1.21 bits per heavy atom. The van der Waals surface area contributed by atoms with Gasteiger partial charge in [0.1, 0.15) is 0 Å². The lowest BCUT2D eigenvalue weighted by atomic mass is 9.90. The van der Waals surface area contributed by atoms with Gasteiger partial charge in [-0.1, -0.05) is 18.2 Å². The van der Waals surface area contributed by atoms with Crippen molar-refractivity contribution < 1.29 is 0 Å². The zero-order chi connectivity index (χ0) is 13.9. The van der Waals surface area contributed by atoms with Crippen LogP contribution in [-0.4, -0.2) is 18.5 Å². The van der Waals surface area contributed by atoms with Gasteiger partial charge in [-0.15, -0.1) is 0 Å². The second-order valence-corrected chi connectivity index (χ2v) is 6.48. The van der Waals surface area contributed by atoms with E-state index in [-0.39, 0.29) is 5.41 Å². The van der Waals surface area contributed by atoms with E-state index in [1.54, 1.807) is 0 Å². The van der Waals surface area contributed by atoms with Crippen molar-refractivity contribution in [3.8, 4) is 6.07 Å². The van der Waals surface area contributed by atoms with Crippen molar-refractivity contribution in [2.75, 3.05) is 13.6 Å². The zero-order valence-corrected chi connectivity index (χ0v) is 12.4. The molecule has 0 atom stereocenters. The lowest BCUT2D eigenvalue weighted by Gasteiger charge is -2.25. The van der Waals surface area contributed by atoms with Gasteiger partial charge in [-0.05, 0) is 63.3 Å². The van der Waals surface area contributed by atoms with Crippen LogP contribution in [0.15, 0.2) is 18.2 Å². The molecule has 0 spiro atoms. The molecule has 0 heterocycles. The third-order valence-electron chi connectivity index (χ3n) is 3.83. The van der Waals surface area contributed by atoms with Gasteiger partial charge in [0.2, 0.25) is 0 Å². The standard InChI is InChI=1S/C17H24N2/c1-17(2,12-18)13-19(3)11-14-8-9-15-6-4-5-7-16(15)10-14/h8-10H,4-7,11,13H2,1-3H3. The Balaban J connectivity index is 2.01. The third-order valence-corrected chi connectivity index (χ3v) is 3.83. The summed E-state index contributed by atoms with van der Waals surface area (Å²) in [5, 5.41) is 9.09. The summed E-state index contributed by atoms with van der Waals surface area (Å²) >= 11 is 0. The number of fused-ring (bicyclic) bond motifs is 1. The SMILES string of the molecule is CN(Cc1ccc2c(c1)CCCC2)CC(C)(C)C#N. The van der Waals surface area contributed by atoms with E-state index in [0.29, 0.717) is 0 Å². The second-order valence-electron chi connectivity index (χ2n) is 6.48. The number of nitriles is 1. The molecule has 1 aliphatic rings. The fraction of sp³-hybridized carbons (Fsp3) is 0.588. The van der Waals surface area contributed by atoms with Gasteiger partial charge in [-0.3, -0.25) is 0 Å². The number of benzene rings is 1. The fourth-order valence-corrected chi connectivity index (χ4v) is 2.96. The molecule has 2 heteroatoms. The molecule has 0 N–H and O–H groups in total. The fourth-order valence-electron chi connectivity index (χ4n) is 2.96. The first-order valence-electron chi connectivity index (χ1n) is 7.21. The van der Waals surface area contributed by atoms with Crippen LogP contribution >= 0.6 is 0 Å². The molecule has 1 aromatic rings. The molecule has 0 amide bonds. The van der Waals surface area contributed by atoms with Gasteiger partial charge in [0, 0.05) is 13.1 Å². The van der Waals surface area contributed by atoms with Crippen molar-refractivity contribution in [3.05, 3.63) is 34.9 Å². The highest BCUT2D eigenvalue weighted by atomic mass is 15.1. The van der Waals surface area contributed by atoms with E-state index in [2.05, 4.69) is 36.2 Å². The van der Waals surface area contributed by atoms with E-state index in [1.165, 1.54) is 42.4 Å². The summed E-state index contributed by atoms with van der Waals surface area (Å²) in [6, 6.07) is 9.28. The predicted octanol–water partition coefficient (Wildman–Crippen LogP) is 3.55. The van der Waals surface area contributed by atoms with Crippen LogP contribution < -0.4 is 0 Å². The minimum Gasteiger partial charge on any atom is -0.301 e. The van der Waals surface area contributed by atoms with E-state index in [9.17, 15) is 0 Å². The molecule has 1 aromatic carbocycles. The summed E-state index contributed by atoms with van der Waals surface area (Å²) in [5.74, 6) is 0. The number of hydrogen-bond acceptors (Lipinski definition) is 2. The van der Waals surface area contributed by atoms with Gasteiger partial charge in [-0.25, -0.2) is 0 Å². The van der Waals surface area contributed by atoms with Crippen LogP contribution in [-0.2, 0) is 19.4 Å². The zero-order valence-electron chi connectivity index (χ0n) is 12.4. The van der Waals surface area contributed by atoms with Crippen LogP contribution in [0.2, 0.25) is 0 Å². The van der Waals surface area contributed by atoms with Crippen LogP contribution in [0.25, 0.3) is 0 Å². The Bertz CT molecular complexity index is 483. The lowest BCUT2D eigenvalue weighted by molar-refractivity contribution is 0.248. The molecule has 2 rings (SSSR count). The van der Waals surface area contributed by atoms with Crippen molar-refractivity contribution >= 4 is 0 Å². The Morgan fingerprint density at radius 2 is 1.89 bits per heavy atom. The minimum atomic E-state index is -0.275. The van der Waals surface area contributed by atoms with Crippen LogP contribution in [0, 0.1) is 16.7 Å². The smallest absolute Gasteiger partial charge is 0.0697 e. The van der Waals surface area contributed by atoms with Gasteiger partial charge in [0.25, 0.3) is 0 Å². The summed E-state index contributed by atoms with van der Waals surface area (Å²) in [6.45, 7) is 5.73. The van der Waals surface area contributed by atoms with E-state index < -0.39 is 0 Å². The molecule has 0 saturated carbocycles. The lowest BCUT2D eigenvalue weighted by Crippen LogP contribution is -2.30. The van der Waals surface area contributed by atoms with E-state index in [4.69, 9.17) is 5.26 Å². The third kappa shape index (κ3) is 3.81. The normalized spacial score (nSPS) is 15.1. The highest BCUT2D eigenvalue weighted by Crippen LogP contribution is 2.23. The van der Waals surface area contributed by atoms with Crippen molar-refractivity contribution in [2.24, 2.45) is 5.41 Å². The Morgan fingerprint density at radius 3 is 2.58 bits per heavy atom. The first-order valence-corrected chi connectivity index (χ1v) is 7.21. The van der Waals surface area contributed by atoms with Gasteiger partial charge in [0.15, 0.2) is 0 Å². The maximum atomic E-state index is 9.09. The van der Waals surface area contributed by atoms with Gasteiger partial charge >= 0.3 is 0 Å². The van der Waals surface area contributed by atoms with Crippen LogP contribution in [0.3, 0.4) is 0 Å². The molecule has 0 radical (unpaired) electrons. The van der Waals surface area contributed by atoms with Crippen molar-refractivity contribution in [2.45, 2.75) is 46.1 Å². The number of hydrogen-bond donors (Lipinski definition) is 0. The number of rotatable bonds is 4. The topological polar surface area (TPSA) is 27.0 Å². The molecule has 1 aliphatic carbocycles. The molecule has 2 nitrogen and oxygen atoms in total. The monoisotopic (exact) mass is 256 g/mol. The summed E-state index contributed by atoms with van der Waals surface area (Å²) in [4.78, 5) is 2.24. The van der Waals surface area contributed by atoms with Crippen LogP contribution in [0.4, 0.5) is 0 Å². The average molecular weight is 256 g/mol. The molecule has 102 valence electrons. The maximum absolute atomic E-state index is 9.09. The predicted molar refractivity (Wildman–Crippen MR) is 78.8 cm³/mol. The van der Waals surface area contributed by atoms with E-state index >= 15 is 0 Å². The second kappa shape index (κ2) is 5.75. The average Bonchev–Trinajstić information content (AvgIpc) is 2.38. The molecule has 0 unspecified atom stereocenters. The molecule has 0 aliphatic heterocycles. The largest absolute Gasteiger partial charge is 0.301 e. The maximum Gasteiger partial charge on any atom is 0.0697 e. The van der Waals surface area contributed by atoms with Crippen molar-refractivity contribution in [1.82, 2.24) is 4.90 Å². The Hall–Kier alpha value is -1.33. The quantitative estimate of drug-likeness (QED) is 0.823. The molecular formula is C17H24N2. The van der Waals surface area contributed by atoms with Gasteiger partial charge < -0.3 is 4.90 Å². The highest BCUT2D eigenvalue weighted by molar-refractivity contribution is 5.33. The summed E-state index contributed by atoms with van der Waals surface area (Å²) in [7, 11) is 2.10. The Labute approximate surface area is 117 Å². The summed E-state index contributed by atoms with van der Waals surface area (Å²) in [6.07, 6.45) is 5.14. The number of nitrogens with zero attached hydrogens (tertiary/aromatic N) is 2. The Kier molecular flexibility index (Phi) is 4.27. The van der Waals surface area contributed by atoms with E-state index in [1.807, 2.05) is 13.8 Å². The first kappa shape index (κ1) is 14.1.